The molecule has 22 heavy (non-hydrogen) atoms. The Morgan fingerprint density at radius 2 is 2.14 bits per heavy atom. The van der Waals surface area contributed by atoms with E-state index in [9.17, 15) is 9.90 Å². The molecule has 0 radical (unpaired) electrons. The third kappa shape index (κ3) is 2.09. The summed E-state index contributed by atoms with van der Waals surface area (Å²) in [6, 6.07) is 0.460. The Balaban J connectivity index is 2.16. The lowest BCUT2D eigenvalue weighted by Gasteiger charge is -2.43. The Morgan fingerprint density at radius 1 is 1.45 bits per heavy atom. The molecule has 3 heterocycles. The predicted octanol–water partition coefficient (Wildman–Crippen LogP) is 0.732. The lowest BCUT2D eigenvalue weighted by Crippen LogP contribution is -2.54. The number of ether oxygens (including phenoxy) is 1. The van der Waals surface area contributed by atoms with E-state index in [-0.39, 0.29) is 18.0 Å². The van der Waals surface area contributed by atoms with Gasteiger partial charge >= 0.3 is 0 Å². The van der Waals surface area contributed by atoms with Crippen LogP contribution in [0, 0.1) is 0 Å². The second-order valence-electron chi connectivity index (χ2n) is 6.14. The maximum absolute atomic E-state index is 12.8. The third-order valence-corrected chi connectivity index (χ3v) is 5.93. The van der Waals surface area contributed by atoms with E-state index >= 15 is 0 Å². The minimum atomic E-state index is -0.853. The van der Waals surface area contributed by atoms with Crippen molar-refractivity contribution in [3.05, 3.63) is 20.7 Å². The van der Waals surface area contributed by atoms with Crippen LogP contribution in [0.15, 0.2) is 20.7 Å². The Bertz CT molecular complexity index is 572. The van der Waals surface area contributed by atoms with Crippen molar-refractivity contribution in [1.82, 2.24) is 14.7 Å². The molecule has 1 unspecified atom stereocenters. The molecule has 2 fully saturated rings. The van der Waals surface area contributed by atoms with Gasteiger partial charge in [0.25, 0.3) is 5.91 Å². The molecule has 0 aromatic carbocycles. The van der Waals surface area contributed by atoms with Crippen LogP contribution in [0.3, 0.4) is 0 Å². The summed E-state index contributed by atoms with van der Waals surface area (Å²) in [6.07, 6.45) is 0.0973. The van der Waals surface area contributed by atoms with Gasteiger partial charge in [-0.15, -0.1) is 0 Å². The van der Waals surface area contributed by atoms with Crippen LogP contribution in [0.4, 0.5) is 0 Å². The SMILES string of the molecule is CCN1C[C@@H]2C[C@@H](N(C)C)C3=C(I)C(O)C(OC)=C(C1=O)N32. The molecule has 1 N–H and O–H groups in total. The molecule has 122 valence electrons. The number of amides is 1. The summed E-state index contributed by atoms with van der Waals surface area (Å²) in [4.78, 5) is 18.9. The lowest BCUT2D eigenvalue weighted by molar-refractivity contribution is -0.132. The zero-order valence-corrected chi connectivity index (χ0v) is 15.5. The minimum absolute atomic E-state index is 0.0459. The number of carbonyl (C=O) groups excluding carboxylic acids is 1. The fourth-order valence-corrected chi connectivity index (χ4v) is 4.60. The maximum atomic E-state index is 12.8. The molecule has 1 amide bonds. The summed E-state index contributed by atoms with van der Waals surface area (Å²) in [7, 11) is 5.61. The molecule has 3 aliphatic heterocycles. The molecule has 0 saturated carbocycles. The van der Waals surface area contributed by atoms with Gasteiger partial charge in [0.15, 0.2) is 5.76 Å². The fourth-order valence-electron chi connectivity index (χ4n) is 3.70. The molecule has 3 rings (SSSR count). The van der Waals surface area contributed by atoms with Crippen molar-refractivity contribution in [1.29, 1.82) is 0 Å². The van der Waals surface area contributed by atoms with E-state index in [2.05, 4.69) is 32.4 Å². The summed E-state index contributed by atoms with van der Waals surface area (Å²) in [5, 5.41) is 10.6. The quantitative estimate of drug-likeness (QED) is 0.684. The van der Waals surface area contributed by atoms with Crippen molar-refractivity contribution in [3.8, 4) is 0 Å². The Kier molecular flexibility index (Phi) is 4.15. The van der Waals surface area contributed by atoms with Gasteiger partial charge in [0.05, 0.1) is 19.2 Å². The molecule has 7 heteroatoms. The zero-order chi connectivity index (χ0) is 16.2. The highest BCUT2D eigenvalue weighted by atomic mass is 127. The highest BCUT2D eigenvalue weighted by Gasteiger charge is 2.52. The van der Waals surface area contributed by atoms with Crippen molar-refractivity contribution in [2.75, 3.05) is 34.3 Å². The topological polar surface area (TPSA) is 56.2 Å². The molecular weight excluding hydrogens is 397 g/mol. The van der Waals surface area contributed by atoms with Gasteiger partial charge in [-0.25, -0.2) is 0 Å². The van der Waals surface area contributed by atoms with Crippen LogP contribution in [0.25, 0.3) is 0 Å². The van der Waals surface area contributed by atoms with E-state index in [0.717, 1.165) is 22.2 Å². The molecule has 3 atom stereocenters. The fraction of sp³-hybridized carbons (Fsp3) is 0.667. The van der Waals surface area contributed by atoms with E-state index < -0.39 is 6.10 Å². The van der Waals surface area contributed by atoms with Crippen LogP contribution in [0.2, 0.25) is 0 Å². The number of nitrogens with zero attached hydrogens (tertiary/aromatic N) is 3. The highest BCUT2D eigenvalue weighted by molar-refractivity contribution is 14.1. The molecule has 0 bridgehead atoms. The molecule has 0 aromatic rings. The van der Waals surface area contributed by atoms with Crippen molar-refractivity contribution in [2.24, 2.45) is 0 Å². The van der Waals surface area contributed by atoms with Crippen LogP contribution in [0.1, 0.15) is 13.3 Å². The zero-order valence-electron chi connectivity index (χ0n) is 13.3. The Hall–Kier alpha value is -0.800. The summed E-state index contributed by atoms with van der Waals surface area (Å²) >= 11 is 2.19. The van der Waals surface area contributed by atoms with E-state index in [1.54, 1.807) is 0 Å². The first kappa shape index (κ1) is 16.1. The largest absolute Gasteiger partial charge is 0.496 e. The standard InChI is InChI=1S/C15H22IN3O3/c1-5-18-7-8-6-9(17(2)3)11-10(16)13(20)14(22-4)12(15(18)21)19(8)11/h8-9,13,20H,5-7H2,1-4H3/t8-,9+,13?/m0/s1. The molecule has 0 spiro atoms. The number of halogens is 1. The van der Waals surface area contributed by atoms with E-state index in [1.165, 1.54) is 7.11 Å². The summed E-state index contributed by atoms with van der Waals surface area (Å²) < 4.78 is 6.27. The number of carbonyl (C=O) groups is 1. The van der Waals surface area contributed by atoms with Crippen molar-refractivity contribution < 1.29 is 14.6 Å². The number of rotatable bonds is 3. The number of aliphatic hydroxyl groups is 1. The normalized spacial score (nSPS) is 31.4. The lowest BCUT2D eigenvalue weighted by atomic mass is 10.0. The van der Waals surface area contributed by atoms with Gasteiger partial charge in [0.2, 0.25) is 0 Å². The van der Waals surface area contributed by atoms with Crippen molar-refractivity contribution >= 4 is 28.5 Å². The first-order chi connectivity index (χ1) is 10.4. The van der Waals surface area contributed by atoms with E-state index in [1.807, 2.05) is 25.9 Å². The summed E-state index contributed by atoms with van der Waals surface area (Å²) in [5.74, 6) is 0.330. The molecule has 2 saturated heterocycles. The van der Waals surface area contributed by atoms with Gasteiger partial charge in [-0.2, -0.15) is 0 Å². The molecule has 0 aliphatic carbocycles. The molecule has 0 aromatic heterocycles. The molecule has 6 nitrogen and oxygen atoms in total. The number of piperazine rings is 1. The highest BCUT2D eigenvalue weighted by Crippen LogP contribution is 2.46. The average molecular weight is 419 g/mol. The Labute approximate surface area is 144 Å². The van der Waals surface area contributed by atoms with Crippen molar-refractivity contribution in [3.63, 3.8) is 0 Å². The minimum Gasteiger partial charge on any atom is -0.496 e. The second kappa shape index (κ2) is 5.68. The summed E-state index contributed by atoms with van der Waals surface area (Å²) in [6.45, 7) is 3.38. The van der Waals surface area contributed by atoms with Crippen LogP contribution in [-0.2, 0) is 9.53 Å². The Morgan fingerprint density at radius 3 is 2.68 bits per heavy atom. The summed E-state index contributed by atoms with van der Waals surface area (Å²) in [5.41, 5.74) is 1.58. The van der Waals surface area contributed by atoms with Crippen LogP contribution >= 0.6 is 22.6 Å². The van der Waals surface area contributed by atoms with Gasteiger partial charge < -0.3 is 24.5 Å². The molecular formula is C15H22IN3O3. The first-order valence-electron chi connectivity index (χ1n) is 7.53. The monoisotopic (exact) mass is 419 g/mol. The van der Waals surface area contributed by atoms with E-state index in [0.29, 0.717) is 18.0 Å². The third-order valence-electron chi connectivity index (χ3n) is 4.79. The number of methoxy groups -OCH3 is 1. The average Bonchev–Trinajstić information content (AvgIpc) is 2.87. The number of hydrogen-bond acceptors (Lipinski definition) is 5. The number of hydrogen-bond donors (Lipinski definition) is 1. The maximum Gasteiger partial charge on any atom is 0.274 e. The molecule has 3 aliphatic rings. The van der Waals surface area contributed by atoms with Crippen molar-refractivity contribution in [2.45, 2.75) is 31.5 Å². The van der Waals surface area contributed by atoms with Gasteiger partial charge in [-0.1, -0.05) is 0 Å². The van der Waals surface area contributed by atoms with Gasteiger partial charge in [-0.05, 0) is 50.0 Å². The van der Waals surface area contributed by atoms with Gasteiger partial charge in [-0.3, -0.25) is 4.79 Å². The van der Waals surface area contributed by atoms with Crippen LogP contribution in [0.5, 0.6) is 0 Å². The van der Waals surface area contributed by atoms with Gasteiger partial charge in [0.1, 0.15) is 11.8 Å². The van der Waals surface area contributed by atoms with E-state index in [4.69, 9.17) is 4.74 Å². The van der Waals surface area contributed by atoms with Gasteiger partial charge in [0, 0.05) is 22.4 Å². The smallest absolute Gasteiger partial charge is 0.274 e. The predicted molar refractivity (Wildman–Crippen MR) is 91.1 cm³/mol. The van der Waals surface area contributed by atoms with Crippen LogP contribution < -0.4 is 0 Å². The van der Waals surface area contributed by atoms with Crippen LogP contribution in [-0.4, -0.2) is 78.2 Å². The number of aliphatic hydroxyl groups excluding tert-OH is 1. The second-order valence-corrected chi connectivity index (χ2v) is 7.30. The first-order valence-corrected chi connectivity index (χ1v) is 8.60. The number of likely N-dealkylation sites (N-methyl/N-ethyl adjacent to an activating group) is 2.